The van der Waals surface area contributed by atoms with Gasteiger partial charge in [-0.3, -0.25) is 14.4 Å². The predicted octanol–water partition coefficient (Wildman–Crippen LogP) is 2.98. The van der Waals surface area contributed by atoms with Crippen LogP contribution in [0.5, 0.6) is 17.2 Å². The summed E-state index contributed by atoms with van der Waals surface area (Å²) >= 11 is 0. The van der Waals surface area contributed by atoms with Crippen molar-refractivity contribution in [3.63, 3.8) is 0 Å². The van der Waals surface area contributed by atoms with Crippen LogP contribution in [-0.4, -0.2) is 44.9 Å². The smallest absolute Gasteiger partial charge is 0.183 e. The highest BCUT2D eigenvalue weighted by atomic mass is 16.5. The van der Waals surface area contributed by atoms with E-state index in [1.54, 1.807) is 0 Å². The van der Waals surface area contributed by atoms with Gasteiger partial charge in [0.2, 0.25) is 0 Å². The van der Waals surface area contributed by atoms with Crippen molar-refractivity contribution >= 4 is 17.3 Å². The molecule has 1 aliphatic rings. The number of phenolic OH excluding ortho intramolecular Hbond substituents is 2. The summed E-state index contributed by atoms with van der Waals surface area (Å²) in [6.45, 7) is 6.57. The Hall–Kier alpha value is -3.29. The number of benzene rings is 1. The number of aliphatic hydroxyl groups excluding tert-OH is 2. The highest BCUT2D eigenvalue weighted by Crippen LogP contribution is 2.46. The molecule has 2 rings (SSSR count). The first-order valence-electron chi connectivity index (χ1n) is 8.83. The van der Waals surface area contributed by atoms with E-state index in [1.165, 1.54) is 34.8 Å². The first kappa shape index (κ1) is 22.0. The molecule has 0 radical (unpaired) electrons. The maximum Gasteiger partial charge on any atom is 0.183 e. The standard InChI is InChI=1S/C21H24O8/c1-8-15(24)11(16(25)13(9(2)22)18(8)29-6)7-12-17(26)14(10(3)23)20(28)21(4,5)19(12)27/h24-27H,7H2,1-6H3. The van der Waals surface area contributed by atoms with Crippen LogP contribution < -0.4 is 4.74 Å². The minimum atomic E-state index is -1.50. The second-order valence-corrected chi connectivity index (χ2v) is 7.50. The number of methoxy groups -OCH3 is 1. The van der Waals surface area contributed by atoms with Crippen molar-refractivity contribution in [2.75, 3.05) is 7.11 Å². The van der Waals surface area contributed by atoms with Crippen molar-refractivity contribution in [3.8, 4) is 17.2 Å². The molecule has 4 N–H and O–H groups in total. The van der Waals surface area contributed by atoms with E-state index >= 15 is 0 Å². The molecule has 0 atom stereocenters. The molecule has 0 aromatic heterocycles. The van der Waals surface area contributed by atoms with Crippen molar-refractivity contribution in [2.24, 2.45) is 5.41 Å². The van der Waals surface area contributed by atoms with Gasteiger partial charge in [0.25, 0.3) is 0 Å². The molecule has 29 heavy (non-hydrogen) atoms. The van der Waals surface area contributed by atoms with Gasteiger partial charge >= 0.3 is 0 Å². The normalized spacial score (nSPS) is 16.3. The van der Waals surface area contributed by atoms with Crippen molar-refractivity contribution in [1.82, 2.24) is 0 Å². The summed E-state index contributed by atoms with van der Waals surface area (Å²) in [5.74, 6) is -4.16. The molecule has 8 nitrogen and oxygen atoms in total. The monoisotopic (exact) mass is 404 g/mol. The fraction of sp³-hybridized carbons (Fsp3) is 0.381. The molecule has 0 amide bonds. The van der Waals surface area contributed by atoms with Gasteiger partial charge < -0.3 is 25.2 Å². The predicted molar refractivity (Wildman–Crippen MR) is 104 cm³/mol. The molecule has 1 aliphatic carbocycles. The minimum absolute atomic E-state index is 0.00204. The van der Waals surface area contributed by atoms with Crippen LogP contribution in [-0.2, 0) is 16.0 Å². The maximum absolute atomic E-state index is 12.5. The average molecular weight is 404 g/mol. The molecule has 0 saturated carbocycles. The Morgan fingerprint density at radius 2 is 1.55 bits per heavy atom. The lowest BCUT2D eigenvalue weighted by Gasteiger charge is -2.31. The Labute approximate surface area is 167 Å². The number of allylic oxidation sites excluding steroid dienone is 3. The van der Waals surface area contributed by atoms with Crippen LogP contribution in [0.4, 0.5) is 0 Å². The Balaban J connectivity index is 2.82. The van der Waals surface area contributed by atoms with Gasteiger partial charge in [0, 0.05) is 23.1 Å². The topological polar surface area (TPSA) is 141 Å². The number of rotatable bonds is 5. The number of phenols is 2. The SMILES string of the molecule is COc1c(C)c(O)c(CC2=C(O)C(C)(C)C(=O)C(C(C)=O)=C2O)c(O)c1C(C)=O. The number of carbonyl (C=O) groups excluding carboxylic acids is 3. The number of hydrogen-bond acceptors (Lipinski definition) is 8. The van der Waals surface area contributed by atoms with Crippen LogP contribution in [0.25, 0.3) is 0 Å². The second-order valence-electron chi connectivity index (χ2n) is 7.50. The molecule has 0 unspecified atom stereocenters. The highest BCUT2D eigenvalue weighted by Gasteiger charge is 2.44. The fourth-order valence-corrected chi connectivity index (χ4v) is 3.48. The van der Waals surface area contributed by atoms with Crippen LogP contribution in [0.15, 0.2) is 22.7 Å². The Morgan fingerprint density at radius 1 is 1.00 bits per heavy atom. The van der Waals surface area contributed by atoms with E-state index in [0.717, 1.165) is 6.92 Å². The number of carbonyl (C=O) groups is 3. The molecule has 1 aromatic rings. The Kier molecular flexibility index (Phi) is 5.52. The molecule has 0 bridgehead atoms. The highest BCUT2D eigenvalue weighted by molar-refractivity contribution is 6.23. The summed E-state index contributed by atoms with van der Waals surface area (Å²) in [5.41, 5.74) is -2.33. The molecule has 0 spiro atoms. The molecule has 8 heteroatoms. The van der Waals surface area contributed by atoms with Crippen LogP contribution in [0, 0.1) is 12.3 Å². The molecule has 0 saturated heterocycles. The summed E-state index contributed by atoms with van der Waals surface area (Å²) in [6.07, 6.45) is -0.437. The zero-order chi connectivity index (χ0) is 22.4. The van der Waals surface area contributed by atoms with E-state index in [-0.39, 0.29) is 28.0 Å². The molecule has 0 aliphatic heterocycles. The third kappa shape index (κ3) is 3.24. The first-order valence-corrected chi connectivity index (χ1v) is 8.83. The lowest BCUT2D eigenvalue weighted by molar-refractivity contribution is -0.126. The average Bonchev–Trinajstić information content (AvgIpc) is 2.62. The molecular weight excluding hydrogens is 380 g/mol. The molecular formula is C21H24O8. The van der Waals surface area contributed by atoms with E-state index in [1.807, 2.05) is 0 Å². The van der Waals surface area contributed by atoms with Crippen molar-refractivity contribution in [1.29, 1.82) is 0 Å². The first-order chi connectivity index (χ1) is 13.3. The van der Waals surface area contributed by atoms with E-state index < -0.39 is 57.8 Å². The lowest BCUT2D eigenvalue weighted by Crippen LogP contribution is -2.36. The zero-order valence-electron chi connectivity index (χ0n) is 17.1. The third-order valence-electron chi connectivity index (χ3n) is 5.19. The minimum Gasteiger partial charge on any atom is -0.511 e. The number of aromatic hydroxyl groups is 2. The largest absolute Gasteiger partial charge is 0.511 e. The van der Waals surface area contributed by atoms with E-state index in [2.05, 4.69) is 0 Å². The van der Waals surface area contributed by atoms with Crippen LogP contribution in [0.1, 0.15) is 49.2 Å². The van der Waals surface area contributed by atoms with Crippen molar-refractivity contribution in [3.05, 3.63) is 39.4 Å². The van der Waals surface area contributed by atoms with Crippen LogP contribution >= 0.6 is 0 Å². The summed E-state index contributed by atoms with van der Waals surface area (Å²) in [6, 6.07) is 0. The van der Waals surface area contributed by atoms with Crippen LogP contribution in [0.2, 0.25) is 0 Å². The van der Waals surface area contributed by atoms with Crippen LogP contribution in [0.3, 0.4) is 0 Å². The maximum atomic E-state index is 12.5. The van der Waals surface area contributed by atoms with Gasteiger partial charge in [-0.25, -0.2) is 0 Å². The van der Waals surface area contributed by atoms with Gasteiger partial charge in [-0.1, -0.05) is 0 Å². The zero-order valence-corrected chi connectivity index (χ0v) is 17.1. The number of hydrogen-bond donors (Lipinski definition) is 4. The van der Waals surface area contributed by atoms with E-state index in [9.17, 15) is 34.8 Å². The lowest BCUT2D eigenvalue weighted by atomic mass is 9.73. The number of ketones is 3. The Bertz CT molecular complexity index is 1010. The third-order valence-corrected chi connectivity index (χ3v) is 5.19. The fourth-order valence-electron chi connectivity index (χ4n) is 3.48. The summed E-state index contributed by atoms with van der Waals surface area (Å²) in [4.78, 5) is 36.5. The van der Waals surface area contributed by atoms with Gasteiger partial charge in [0.15, 0.2) is 17.3 Å². The molecule has 1 aromatic carbocycles. The molecule has 156 valence electrons. The summed E-state index contributed by atoms with van der Waals surface area (Å²) in [7, 11) is 1.28. The molecule has 0 heterocycles. The number of ether oxygens (including phenoxy) is 1. The van der Waals surface area contributed by atoms with Gasteiger partial charge in [0.1, 0.15) is 39.9 Å². The quantitative estimate of drug-likeness (QED) is 0.433. The second kappa shape index (κ2) is 7.27. The molecule has 0 fully saturated rings. The number of aliphatic hydroxyl groups is 2. The van der Waals surface area contributed by atoms with E-state index in [4.69, 9.17) is 4.74 Å². The van der Waals surface area contributed by atoms with Gasteiger partial charge in [-0.2, -0.15) is 0 Å². The van der Waals surface area contributed by atoms with Gasteiger partial charge in [-0.15, -0.1) is 0 Å². The summed E-state index contributed by atoms with van der Waals surface area (Å²) in [5, 5.41) is 42.4. The Morgan fingerprint density at radius 3 is 2.00 bits per heavy atom. The van der Waals surface area contributed by atoms with Gasteiger partial charge in [-0.05, 0) is 34.6 Å². The van der Waals surface area contributed by atoms with Crippen molar-refractivity contribution in [2.45, 2.75) is 41.0 Å². The van der Waals surface area contributed by atoms with Crippen molar-refractivity contribution < 1.29 is 39.5 Å². The van der Waals surface area contributed by atoms with E-state index in [0.29, 0.717) is 0 Å². The van der Waals surface area contributed by atoms with Gasteiger partial charge in [0.05, 0.1) is 12.5 Å². The summed E-state index contributed by atoms with van der Waals surface area (Å²) < 4.78 is 5.13. The number of Topliss-reactive ketones (excluding diaryl/α,β-unsaturated/α-hetero) is 3.